The van der Waals surface area contributed by atoms with E-state index in [9.17, 15) is 14.0 Å². The van der Waals surface area contributed by atoms with Crippen LogP contribution in [0.1, 0.15) is 29.3 Å². The second-order valence-electron chi connectivity index (χ2n) is 3.83. The van der Waals surface area contributed by atoms with E-state index >= 15 is 0 Å². The number of Topliss-reactive ketones (excluding diaryl/α,β-unsaturated/α-hetero) is 1. The van der Waals surface area contributed by atoms with Crippen molar-refractivity contribution in [2.45, 2.75) is 20.3 Å². The van der Waals surface area contributed by atoms with E-state index in [4.69, 9.17) is 5.11 Å². The van der Waals surface area contributed by atoms with Crippen molar-refractivity contribution in [2.24, 2.45) is 5.92 Å². The summed E-state index contributed by atoms with van der Waals surface area (Å²) in [7, 11) is 0. The molecule has 4 heteroatoms. The Bertz CT molecular complexity index is 426. The summed E-state index contributed by atoms with van der Waals surface area (Å²) in [5.74, 6) is -2.38. The molecule has 1 N–H and O–H groups in total. The molecule has 0 radical (unpaired) electrons. The van der Waals surface area contributed by atoms with Crippen LogP contribution in [0.5, 0.6) is 0 Å². The number of halogens is 1. The lowest BCUT2D eigenvalue weighted by Crippen LogP contribution is -2.14. The van der Waals surface area contributed by atoms with E-state index in [1.807, 2.05) is 0 Å². The zero-order valence-corrected chi connectivity index (χ0v) is 9.16. The molecule has 1 atom stereocenters. The fraction of sp³-hybridized carbons (Fsp3) is 0.333. The minimum absolute atomic E-state index is 0.0690. The van der Waals surface area contributed by atoms with Gasteiger partial charge in [-0.1, -0.05) is 6.92 Å². The molecule has 0 fully saturated rings. The summed E-state index contributed by atoms with van der Waals surface area (Å²) < 4.78 is 12.9. The number of benzene rings is 1. The Labute approximate surface area is 92.9 Å². The smallest absolute Gasteiger partial charge is 0.306 e. The van der Waals surface area contributed by atoms with Gasteiger partial charge in [-0.3, -0.25) is 9.59 Å². The van der Waals surface area contributed by atoms with Crippen LogP contribution < -0.4 is 0 Å². The molecular formula is C12H13FO3. The number of hydrogen-bond acceptors (Lipinski definition) is 2. The van der Waals surface area contributed by atoms with Gasteiger partial charge in [0.2, 0.25) is 0 Å². The highest BCUT2D eigenvalue weighted by atomic mass is 19.1. The summed E-state index contributed by atoms with van der Waals surface area (Å²) in [5, 5.41) is 8.66. The zero-order valence-electron chi connectivity index (χ0n) is 9.16. The normalized spacial score (nSPS) is 12.2. The predicted molar refractivity (Wildman–Crippen MR) is 56.9 cm³/mol. The maximum atomic E-state index is 12.9. The third-order valence-electron chi connectivity index (χ3n) is 2.39. The van der Waals surface area contributed by atoms with Gasteiger partial charge in [0, 0.05) is 12.0 Å². The average Bonchev–Trinajstić information content (AvgIpc) is 2.21. The van der Waals surface area contributed by atoms with E-state index in [2.05, 4.69) is 0 Å². The van der Waals surface area contributed by atoms with Crippen molar-refractivity contribution in [1.29, 1.82) is 0 Å². The first kappa shape index (κ1) is 12.4. The lowest BCUT2D eigenvalue weighted by atomic mass is 9.99. The molecule has 0 saturated heterocycles. The molecule has 0 heterocycles. The molecule has 1 aromatic rings. The molecule has 1 rings (SSSR count). The summed E-state index contributed by atoms with van der Waals surface area (Å²) in [4.78, 5) is 22.2. The van der Waals surface area contributed by atoms with Crippen LogP contribution in [0.3, 0.4) is 0 Å². The van der Waals surface area contributed by atoms with E-state index in [0.29, 0.717) is 11.1 Å². The molecule has 86 valence electrons. The van der Waals surface area contributed by atoms with Crippen molar-refractivity contribution in [3.63, 3.8) is 0 Å². The lowest BCUT2D eigenvalue weighted by Gasteiger charge is -2.06. The van der Waals surface area contributed by atoms with Gasteiger partial charge in [-0.05, 0) is 30.7 Å². The Morgan fingerprint density at radius 2 is 2.06 bits per heavy atom. The van der Waals surface area contributed by atoms with Crippen LogP contribution in [0.15, 0.2) is 18.2 Å². The van der Waals surface area contributed by atoms with Crippen molar-refractivity contribution in [3.8, 4) is 0 Å². The third-order valence-corrected chi connectivity index (χ3v) is 2.39. The summed E-state index contributed by atoms with van der Waals surface area (Å²) in [6.45, 7) is 3.03. The van der Waals surface area contributed by atoms with Gasteiger partial charge in [-0.15, -0.1) is 0 Å². The molecular weight excluding hydrogens is 211 g/mol. The third kappa shape index (κ3) is 2.89. The summed E-state index contributed by atoms with van der Waals surface area (Å²) in [6, 6.07) is 4.03. The number of carbonyl (C=O) groups excluding carboxylic acids is 1. The largest absolute Gasteiger partial charge is 0.481 e. The quantitative estimate of drug-likeness (QED) is 0.799. The Morgan fingerprint density at radius 3 is 2.56 bits per heavy atom. The van der Waals surface area contributed by atoms with E-state index < -0.39 is 11.9 Å². The summed E-state index contributed by atoms with van der Waals surface area (Å²) in [5.41, 5.74) is 0.737. The SMILES string of the molecule is Cc1cc(C(=O)CC(C)C(=O)O)ccc1F. The van der Waals surface area contributed by atoms with E-state index in [1.54, 1.807) is 6.92 Å². The zero-order chi connectivity index (χ0) is 12.3. The van der Waals surface area contributed by atoms with E-state index in [-0.39, 0.29) is 18.0 Å². The Hall–Kier alpha value is -1.71. The summed E-state index contributed by atoms with van der Waals surface area (Å²) >= 11 is 0. The standard InChI is InChI=1S/C12H13FO3/c1-7-5-9(3-4-10(7)13)11(14)6-8(2)12(15)16/h3-5,8H,6H2,1-2H3,(H,15,16). The lowest BCUT2D eigenvalue weighted by molar-refractivity contribution is -0.141. The molecule has 16 heavy (non-hydrogen) atoms. The molecule has 0 spiro atoms. The van der Waals surface area contributed by atoms with Crippen LogP contribution in [0.2, 0.25) is 0 Å². The molecule has 0 saturated carbocycles. The van der Waals surface area contributed by atoms with Crippen molar-refractivity contribution >= 4 is 11.8 Å². The molecule has 1 aromatic carbocycles. The van der Waals surface area contributed by atoms with E-state index in [0.717, 1.165) is 0 Å². The fourth-order valence-corrected chi connectivity index (χ4v) is 1.30. The highest BCUT2D eigenvalue weighted by Crippen LogP contribution is 2.14. The van der Waals surface area contributed by atoms with Gasteiger partial charge in [-0.25, -0.2) is 4.39 Å². The molecule has 0 amide bonds. The number of carbonyl (C=O) groups is 2. The van der Waals surface area contributed by atoms with Crippen LogP contribution in [-0.4, -0.2) is 16.9 Å². The number of carboxylic acids is 1. The Balaban J connectivity index is 2.81. The highest BCUT2D eigenvalue weighted by molar-refractivity contribution is 5.98. The highest BCUT2D eigenvalue weighted by Gasteiger charge is 2.17. The van der Waals surface area contributed by atoms with Gasteiger partial charge >= 0.3 is 5.97 Å². The van der Waals surface area contributed by atoms with Crippen molar-refractivity contribution in [2.75, 3.05) is 0 Å². The topological polar surface area (TPSA) is 54.4 Å². The summed E-state index contributed by atoms with van der Waals surface area (Å²) in [6.07, 6.45) is -0.0690. The van der Waals surface area contributed by atoms with Crippen molar-refractivity contribution in [3.05, 3.63) is 35.1 Å². The first-order chi connectivity index (χ1) is 7.41. The minimum atomic E-state index is -1.01. The van der Waals surface area contributed by atoms with Gasteiger partial charge in [0.25, 0.3) is 0 Å². The van der Waals surface area contributed by atoms with Crippen molar-refractivity contribution < 1.29 is 19.1 Å². The van der Waals surface area contributed by atoms with Crippen molar-refractivity contribution in [1.82, 2.24) is 0 Å². The molecule has 3 nitrogen and oxygen atoms in total. The van der Waals surface area contributed by atoms with Crippen LogP contribution in [0, 0.1) is 18.7 Å². The molecule has 0 aromatic heterocycles. The Kier molecular flexibility index (Phi) is 3.77. The fourth-order valence-electron chi connectivity index (χ4n) is 1.30. The van der Waals surface area contributed by atoms with Gasteiger partial charge in [0.05, 0.1) is 5.92 Å². The first-order valence-corrected chi connectivity index (χ1v) is 4.94. The molecule has 0 bridgehead atoms. The first-order valence-electron chi connectivity index (χ1n) is 4.94. The van der Waals surface area contributed by atoms with Crippen LogP contribution in [0.4, 0.5) is 4.39 Å². The predicted octanol–water partition coefficient (Wildman–Crippen LogP) is 2.43. The van der Waals surface area contributed by atoms with Crippen LogP contribution >= 0.6 is 0 Å². The Morgan fingerprint density at radius 1 is 1.44 bits per heavy atom. The number of ketones is 1. The number of aryl methyl sites for hydroxylation is 1. The number of rotatable bonds is 4. The number of hydrogen-bond donors (Lipinski definition) is 1. The second-order valence-corrected chi connectivity index (χ2v) is 3.83. The van der Waals surface area contributed by atoms with Gasteiger partial charge in [0.1, 0.15) is 5.82 Å². The monoisotopic (exact) mass is 224 g/mol. The number of carboxylic acid groups (broad SMARTS) is 1. The van der Waals surface area contributed by atoms with Crippen LogP contribution in [0.25, 0.3) is 0 Å². The van der Waals surface area contributed by atoms with Gasteiger partial charge < -0.3 is 5.11 Å². The van der Waals surface area contributed by atoms with Crippen LogP contribution in [-0.2, 0) is 4.79 Å². The number of aliphatic carboxylic acids is 1. The van der Waals surface area contributed by atoms with Gasteiger partial charge in [0.15, 0.2) is 5.78 Å². The molecule has 0 aliphatic rings. The maximum absolute atomic E-state index is 12.9. The second kappa shape index (κ2) is 4.88. The minimum Gasteiger partial charge on any atom is -0.481 e. The average molecular weight is 224 g/mol. The van der Waals surface area contributed by atoms with E-state index in [1.165, 1.54) is 25.1 Å². The molecule has 0 aliphatic heterocycles. The molecule has 0 aliphatic carbocycles. The molecule has 1 unspecified atom stereocenters. The van der Waals surface area contributed by atoms with Gasteiger partial charge in [-0.2, -0.15) is 0 Å². The maximum Gasteiger partial charge on any atom is 0.306 e.